The van der Waals surface area contributed by atoms with Crippen LogP contribution in [0.5, 0.6) is 5.75 Å². The fraction of sp³-hybridized carbons (Fsp3) is 0.238. The van der Waals surface area contributed by atoms with Gasteiger partial charge in [-0.15, -0.1) is 10.2 Å². The molecule has 0 bridgehead atoms. The number of hydrogen-bond donors (Lipinski definition) is 2. The van der Waals surface area contributed by atoms with Gasteiger partial charge in [-0.3, -0.25) is 4.79 Å². The summed E-state index contributed by atoms with van der Waals surface area (Å²) in [4.78, 5) is 24.4. The van der Waals surface area contributed by atoms with Crippen molar-refractivity contribution in [2.45, 2.75) is 25.5 Å². The van der Waals surface area contributed by atoms with Crippen LogP contribution in [-0.2, 0) is 16.1 Å². The molecule has 162 valence electrons. The molecule has 0 atom stereocenters. The zero-order valence-corrected chi connectivity index (χ0v) is 18.5. The first-order valence-corrected chi connectivity index (χ1v) is 10.9. The summed E-state index contributed by atoms with van der Waals surface area (Å²) in [6, 6.07) is 11.5. The van der Waals surface area contributed by atoms with Crippen molar-refractivity contribution in [2.75, 3.05) is 17.7 Å². The number of benzene rings is 2. The van der Waals surface area contributed by atoms with Crippen LogP contribution < -0.4 is 5.32 Å². The van der Waals surface area contributed by atoms with E-state index in [0.717, 1.165) is 0 Å². The maximum Gasteiger partial charge on any atom is 0.339 e. The molecule has 0 unspecified atom stereocenters. The molecule has 2 aromatic carbocycles. The molecule has 0 saturated heterocycles. The van der Waals surface area contributed by atoms with Gasteiger partial charge in [0.1, 0.15) is 5.75 Å². The third kappa shape index (κ3) is 5.36. The standard InChI is InChI=1S/C21H21ClN4O4S/c1-3-26-19(14-7-5-6-8-17(14)27)24-25-21(26)31-12-18(28)23-13-9-10-16(22)15(11-13)20(29)30-4-2/h5-11,27H,3-4,12H2,1-2H3,(H,23,28). The van der Waals surface area contributed by atoms with Crippen molar-refractivity contribution in [1.29, 1.82) is 0 Å². The summed E-state index contributed by atoms with van der Waals surface area (Å²) in [5, 5.41) is 22.0. The van der Waals surface area contributed by atoms with Crippen LogP contribution in [0.1, 0.15) is 24.2 Å². The van der Waals surface area contributed by atoms with Gasteiger partial charge in [0, 0.05) is 12.2 Å². The molecule has 2 N–H and O–H groups in total. The van der Waals surface area contributed by atoms with Gasteiger partial charge in [-0.2, -0.15) is 0 Å². The Labute approximate surface area is 188 Å². The molecule has 1 heterocycles. The summed E-state index contributed by atoms with van der Waals surface area (Å²) in [6.45, 7) is 4.43. The predicted molar refractivity (Wildman–Crippen MR) is 120 cm³/mol. The number of amides is 1. The fourth-order valence-corrected chi connectivity index (χ4v) is 3.84. The van der Waals surface area contributed by atoms with E-state index in [1.807, 2.05) is 11.5 Å². The number of nitrogens with one attached hydrogen (secondary N) is 1. The second-order valence-corrected chi connectivity index (χ2v) is 7.67. The van der Waals surface area contributed by atoms with E-state index in [2.05, 4.69) is 15.5 Å². The predicted octanol–water partition coefficient (Wildman–Crippen LogP) is 4.23. The van der Waals surface area contributed by atoms with Crippen LogP contribution >= 0.6 is 23.4 Å². The average Bonchev–Trinajstić information content (AvgIpc) is 3.16. The molecule has 1 amide bonds. The zero-order chi connectivity index (χ0) is 22.4. The highest BCUT2D eigenvalue weighted by molar-refractivity contribution is 7.99. The average molecular weight is 461 g/mol. The highest BCUT2D eigenvalue weighted by Gasteiger charge is 2.17. The first-order chi connectivity index (χ1) is 14.9. The second-order valence-electron chi connectivity index (χ2n) is 6.32. The molecule has 0 aliphatic heterocycles. The first-order valence-electron chi connectivity index (χ1n) is 9.55. The van der Waals surface area contributed by atoms with Crippen molar-refractivity contribution in [1.82, 2.24) is 14.8 Å². The van der Waals surface area contributed by atoms with E-state index < -0.39 is 5.97 Å². The van der Waals surface area contributed by atoms with Crippen molar-refractivity contribution < 1.29 is 19.4 Å². The summed E-state index contributed by atoms with van der Waals surface area (Å²) in [5.74, 6) is -0.113. The SMILES string of the molecule is CCOC(=O)c1cc(NC(=O)CSc2nnc(-c3ccccc3O)n2CC)ccc1Cl. The molecule has 0 aliphatic rings. The Balaban J connectivity index is 1.69. The lowest BCUT2D eigenvalue weighted by molar-refractivity contribution is -0.113. The smallest absolute Gasteiger partial charge is 0.339 e. The molecule has 8 nitrogen and oxygen atoms in total. The van der Waals surface area contributed by atoms with Gasteiger partial charge in [-0.05, 0) is 44.2 Å². The first kappa shape index (κ1) is 22.6. The normalized spacial score (nSPS) is 10.7. The number of anilines is 1. The molecule has 3 aromatic rings. The highest BCUT2D eigenvalue weighted by atomic mass is 35.5. The van der Waals surface area contributed by atoms with Crippen molar-refractivity contribution in [3.05, 3.63) is 53.1 Å². The number of esters is 1. The molecule has 3 rings (SSSR count). The quantitative estimate of drug-likeness (QED) is 0.382. The van der Waals surface area contributed by atoms with Crippen LogP contribution in [0.15, 0.2) is 47.6 Å². The number of aromatic nitrogens is 3. The Morgan fingerprint density at radius 3 is 2.68 bits per heavy atom. The number of aromatic hydroxyl groups is 1. The minimum atomic E-state index is -0.550. The molecule has 0 spiro atoms. The lowest BCUT2D eigenvalue weighted by Gasteiger charge is -2.10. The maximum atomic E-state index is 12.4. The van der Waals surface area contributed by atoms with Crippen LogP contribution in [0.4, 0.5) is 5.69 Å². The highest BCUT2D eigenvalue weighted by Crippen LogP contribution is 2.30. The van der Waals surface area contributed by atoms with Crippen molar-refractivity contribution in [3.8, 4) is 17.1 Å². The largest absolute Gasteiger partial charge is 0.507 e. The lowest BCUT2D eigenvalue weighted by Crippen LogP contribution is -2.15. The van der Waals surface area contributed by atoms with E-state index in [4.69, 9.17) is 16.3 Å². The number of hydrogen-bond acceptors (Lipinski definition) is 7. The number of halogens is 1. The monoisotopic (exact) mass is 460 g/mol. The third-order valence-corrected chi connectivity index (χ3v) is 5.55. The molecule has 10 heteroatoms. The lowest BCUT2D eigenvalue weighted by atomic mass is 10.2. The second kappa shape index (κ2) is 10.3. The number of thioether (sulfide) groups is 1. The van der Waals surface area contributed by atoms with Crippen molar-refractivity contribution in [3.63, 3.8) is 0 Å². The van der Waals surface area contributed by atoms with Crippen molar-refractivity contribution >= 4 is 40.9 Å². The summed E-state index contributed by atoms with van der Waals surface area (Å²) in [7, 11) is 0. The van der Waals surface area contributed by atoms with E-state index in [1.54, 1.807) is 37.3 Å². The fourth-order valence-electron chi connectivity index (χ4n) is 2.84. The van der Waals surface area contributed by atoms with Crippen LogP contribution in [-0.4, -0.2) is 44.1 Å². The van der Waals surface area contributed by atoms with Crippen LogP contribution in [0.3, 0.4) is 0 Å². The number of carbonyl (C=O) groups excluding carboxylic acids is 2. The molecular weight excluding hydrogens is 440 g/mol. The number of carbonyl (C=O) groups is 2. The third-order valence-electron chi connectivity index (χ3n) is 4.26. The zero-order valence-electron chi connectivity index (χ0n) is 17.0. The van der Waals surface area contributed by atoms with Gasteiger partial charge in [0.25, 0.3) is 0 Å². The number of phenolic OH excluding ortho intramolecular Hbond substituents is 1. The number of phenols is 1. The molecule has 0 aliphatic carbocycles. The van der Waals surface area contributed by atoms with Crippen LogP contribution in [0.25, 0.3) is 11.4 Å². The Kier molecular flexibility index (Phi) is 7.54. The minimum absolute atomic E-state index is 0.0796. The molecule has 31 heavy (non-hydrogen) atoms. The molecule has 1 aromatic heterocycles. The minimum Gasteiger partial charge on any atom is -0.507 e. The Morgan fingerprint density at radius 1 is 1.19 bits per heavy atom. The van der Waals surface area contributed by atoms with Gasteiger partial charge in [-0.25, -0.2) is 4.79 Å². The topological polar surface area (TPSA) is 106 Å². The number of ether oxygens (including phenoxy) is 1. The summed E-state index contributed by atoms with van der Waals surface area (Å²) >= 11 is 7.27. The van der Waals surface area contributed by atoms with Gasteiger partial charge in [0.05, 0.1) is 28.5 Å². The van der Waals surface area contributed by atoms with E-state index >= 15 is 0 Å². The van der Waals surface area contributed by atoms with Gasteiger partial charge < -0.3 is 19.7 Å². The number of rotatable bonds is 8. The van der Waals surface area contributed by atoms with E-state index in [9.17, 15) is 14.7 Å². The van der Waals surface area contributed by atoms with Gasteiger partial charge in [-0.1, -0.05) is 35.5 Å². The molecule has 0 radical (unpaired) electrons. The molecule has 0 saturated carbocycles. The van der Waals surface area contributed by atoms with Crippen molar-refractivity contribution in [2.24, 2.45) is 0 Å². The molecule has 0 fully saturated rings. The van der Waals surface area contributed by atoms with Crippen LogP contribution in [0.2, 0.25) is 5.02 Å². The van der Waals surface area contributed by atoms with E-state index in [1.165, 1.54) is 23.9 Å². The van der Waals surface area contributed by atoms with E-state index in [-0.39, 0.29) is 34.6 Å². The number of para-hydroxylation sites is 1. The summed E-state index contributed by atoms with van der Waals surface area (Å²) < 4.78 is 6.80. The van der Waals surface area contributed by atoms with Crippen LogP contribution in [0, 0.1) is 0 Å². The summed E-state index contributed by atoms with van der Waals surface area (Å²) in [5.41, 5.74) is 1.19. The number of nitrogens with zero attached hydrogens (tertiary/aromatic N) is 3. The van der Waals surface area contributed by atoms with Gasteiger partial charge in [0.15, 0.2) is 11.0 Å². The Hall–Kier alpha value is -3.04. The van der Waals surface area contributed by atoms with E-state index in [0.29, 0.717) is 28.8 Å². The Bertz CT molecular complexity index is 1100. The maximum absolute atomic E-state index is 12.4. The molecular formula is C21H21ClN4O4S. The van der Waals surface area contributed by atoms with Gasteiger partial charge >= 0.3 is 5.97 Å². The Morgan fingerprint density at radius 2 is 1.97 bits per heavy atom. The van der Waals surface area contributed by atoms with Gasteiger partial charge in [0.2, 0.25) is 5.91 Å². The summed E-state index contributed by atoms with van der Waals surface area (Å²) in [6.07, 6.45) is 0.